The van der Waals surface area contributed by atoms with Crippen LogP contribution < -0.4 is 5.73 Å². The first-order valence-corrected chi connectivity index (χ1v) is 6.60. The van der Waals surface area contributed by atoms with Gasteiger partial charge in [-0.3, -0.25) is 9.88 Å². The maximum absolute atomic E-state index is 6.17. The predicted molar refractivity (Wildman–Crippen MR) is 72.2 cm³/mol. The van der Waals surface area contributed by atoms with Gasteiger partial charge >= 0.3 is 0 Å². The highest BCUT2D eigenvalue weighted by atomic mass is 16.5. The van der Waals surface area contributed by atoms with Gasteiger partial charge in [-0.15, -0.1) is 0 Å². The van der Waals surface area contributed by atoms with Crippen molar-refractivity contribution in [2.24, 2.45) is 5.73 Å². The molecule has 0 bridgehead atoms. The Morgan fingerprint density at radius 1 is 1.56 bits per heavy atom. The van der Waals surface area contributed by atoms with Gasteiger partial charge in [-0.1, -0.05) is 6.07 Å². The molecule has 0 amide bonds. The predicted octanol–water partition coefficient (Wildman–Crippen LogP) is 1.58. The fourth-order valence-corrected chi connectivity index (χ4v) is 2.92. The van der Waals surface area contributed by atoms with Gasteiger partial charge in [0, 0.05) is 31.1 Å². The average molecular weight is 249 g/mol. The van der Waals surface area contributed by atoms with Crippen LogP contribution in [0.1, 0.15) is 31.9 Å². The second-order valence-electron chi connectivity index (χ2n) is 5.19. The number of rotatable bonds is 4. The molecule has 0 aromatic carbocycles. The highest BCUT2D eigenvalue weighted by Gasteiger charge is 2.33. The number of nitrogens with two attached hydrogens (primary N) is 1. The van der Waals surface area contributed by atoms with Crippen molar-refractivity contribution in [3.63, 3.8) is 0 Å². The van der Waals surface area contributed by atoms with E-state index in [-0.39, 0.29) is 18.2 Å². The first-order valence-electron chi connectivity index (χ1n) is 6.60. The summed E-state index contributed by atoms with van der Waals surface area (Å²) in [6.07, 6.45) is 5.04. The summed E-state index contributed by atoms with van der Waals surface area (Å²) in [6, 6.07) is 4.74. The quantitative estimate of drug-likeness (QED) is 0.880. The van der Waals surface area contributed by atoms with Gasteiger partial charge in [-0.2, -0.15) is 0 Å². The van der Waals surface area contributed by atoms with Crippen LogP contribution in [0.3, 0.4) is 0 Å². The molecule has 2 N–H and O–H groups in total. The Kier molecular flexibility index (Phi) is 4.32. The van der Waals surface area contributed by atoms with E-state index < -0.39 is 0 Å². The van der Waals surface area contributed by atoms with Crippen molar-refractivity contribution in [2.45, 2.75) is 44.5 Å². The smallest absolute Gasteiger partial charge is 0.0703 e. The fraction of sp³-hybridized carbons (Fsp3) is 0.643. The molecule has 1 aliphatic rings. The number of aromatic nitrogens is 1. The third-order valence-corrected chi connectivity index (χ3v) is 3.82. The molecule has 1 saturated heterocycles. The van der Waals surface area contributed by atoms with Crippen LogP contribution in [0, 0.1) is 0 Å². The van der Waals surface area contributed by atoms with Crippen LogP contribution in [-0.2, 0) is 4.74 Å². The van der Waals surface area contributed by atoms with Gasteiger partial charge in [0.05, 0.1) is 12.1 Å². The summed E-state index contributed by atoms with van der Waals surface area (Å²) in [6.45, 7) is 5.03. The van der Waals surface area contributed by atoms with Crippen LogP contribution >= 0.6 is 0 Å². The van der Waals surface area contributed by atoms with Gasteiger partial charge in [-0.05, 0) is 38.9 Å². The van der Waals surface area contributed by atoms with E-state index in [2.05, 4.69) is 36.8 Å². The van der Waals surface area contributed by atoms with Gasteiger partial charge < -0.3 is 10.5 Å². The van der Waals surface area contributed by atoms with Gasteiger partial charge in [-0.25, -0.2) is 0 Å². The van der Waals surface area contributed by atoms with Crippen molar-refractivity contribution in [1.29, 1.82) is 0 Å². The maximum Gasteiger partial charge on any atom is 0.0703 e. The van der Waals surface area contributed by atoms with E-state index in [4.69, 9.17) is 10.5 Å². The molecule has 0 aliphatic carbocycles. The van der Waals surface area contributed by atoms with Crippen LogP contribution in [0.15, 0.2) is 24.5 Å². The van der Waals surface area contributed by atoms with Crippen molar-refractivity contribution in [1.82, 2.24) is 9.88 Å². The lowest BCUT2D eigenvalue weighted by molar-refractivity contribution is 0.0625. The van der Waals surface area contributed by atoms with Crippen molar-refractivity contribution >= 4 is 0 Å². The highest BCUT2D eigenvalue weighted by Crippen LogP contribution is 2.28. The number of pyridine rings is 1. The third kappa shape index (κ3) is 2.71. The Bertz CT molecular complexity index is 369. The van der Waals surface area contributed by atoms with Gasteiger partial charge in [0.1, 0.15) is 0 Å². The van der Waals surface area contributed by atoms with E-state index in [1.54, 1.807) is 6.20 Å². The van der Waals surface area contributed by atoms with Crippen LogP contribution in [0.2, 0.25) is 0 Å². The molecular weight excluding hydrogens is 226 g/mol. The van der Waals surface area contributed by atoms with Crippen molar-refractivity contribution in [3.8, 4) is 0 Å². The van der Waals surface area contributed by atoms with Gasteiger partial charge in [0.2, 0.25) is 0 Å². The number of likely N-dealkylation sites (N-methyl/N-ethyl adjacent to an activating group) is 1. The maximum atomic E-state index is 6.17. The van der Waals surface area contributed by atoms with Gasteiger partial charge in [0.25, 0.3) is 0 Å². The minimum Gasteiger partial charge on any atom is -0.377 e. The molecule has 4 nitrogen and oxygen atoms in total. The van der Waals surface area contributed by atoms with E-state index in [0.717, 1.165) is 13.0 Å². The summed E-state index contributed by atoms with van der Waals surface area (Å²) >= 11 is 0. The second-order valence-corrected chi connectivity index (χ2v) is 5.19. The molecule has 4 atom stereocenters. The number of hydrogen-bond donors (Lipinski definition) is 1. The molecule has 1 fully saturated rings. The molecule has 2 rings (SSSR count). The molecule has 4 heteroatoms. The fourth-order valence-electron chi connectivity index (χ4n) is 2.92. The molecule has 1 aromatic rings. The lowest BCUT2D eigenvalue weighted by Gasteiger charge is -2.36. The summed E-state index contributed by atoms with van der Waals surface area (Å²) in [5.41, 5.74) is 7.35. The summed E-state index contributed by atoms with van der Waals surface area (Å²) in [7, 11) is 2.14. The minimum absolute atomic E-state index is 0.0620. The Labute approximate surface area is 109 Å². The molecule has 100 valence electrons. The lowest BCUT2D eigenvalue weighted by Crippen LogP contribution is -2.45. The molecule has 1 aromatic heterocycles. The Morgan fingerprint density at radius 3 is 2.83 bits per heavy atom. The zero-order valence-corrected chi connectivity index (χ0v) is 11.4. The van der Waals surface area contributed by atoms with E-state index in [1.165, 1.54) is 5.56 Å². The molecule has 2 heterocycles. The standard InChI is InChI=1S/C14H23N3O/c1-10(15)14(12-5-4-7-16-9-12)17(3)13-6-8-18-11(13)2/h4-5,7,9-11,13-14H,6,8,15H2,1-3H3. The van der Waals surface area contributed by atoms with Crippen LogP contribution in [0.5, 0.6) is 0 Å². The second kappa shape index (κ2) is 5.78. The van der Waals surface area contributed by atoms with Crippen LogP contribution in [0.4, 0.5) is 0 Å². The van der Waals surface area contributed by atoms with Crippen LogP contribution in [0.25, 0.3) is 0 Å². The van der Waals surface area contributed by atoms with E-state index >= 15 is 0 Å². The largest absolute Gasteiger partial charge is 0.377 e. The first kappa shape index (κ1) is 13.5. The topological polar surface area (TPSA) is 51.4 Å². The number of ether oxygens (including phenoxy) is 1. The SMILES string of the molecule is CC(N)C(c1cccnc1)N(C)C1CCOC1C. The lowest BCUT2D eigenvalue weighted by atomic mass is 9.98. The average Bonchev–Trinajstić information content (AvgIpc) is 2.76. The molecule has 0 spiro atoms. The molecule has 4 unspecified atom stereocenters. The zero-order chi connectivity index (χ0) is 13.1. The normalized spacial score (nSPS) is 27.4. The monoisotopic (exact) mass is 249 g/mol. The van der Waals surface area contributed by atoms with Crippen molar-refractivity contribution in [2.75, 3.05) is 13.7 Å². The van der Waals surface area contributed by atoms with E-state index in [9.17, 15) is 0 Å². The van der Waals surface area contributed by atoms with Gasteiger partial charge in [0.15, 0.2) is 0 Å². The molecule has 18 heavy (non-hydrogen) atoms. The van der Waals surface area contributed by atoms with E-state index in [1.807, 2.05) is 12.3 Å². The number of hydrogen-bond acceptors (Lipinski definition) is 4. The third-order valence-electron chi connectivity index (χ3n) is 3.82. The minimum atomic E-state index is 0.0620. The Hall–Kier alpha value is -0.970. The van der Waals surface area contributed by atoms with E-state index in [0.29, 0.717) is 6.04 Å². The summed E-state index contributed by atoms with van der Waals surface area (Å²) in [5, 5.41) is 0. The van der Waals surface area contributed by atoms with Crippen molar-refractivity contribution < 1.29 is 4.74 Å². The summed E-state index contributed by atoms with van der Waals surface area (Å²) in [4.78, 5) is 6.55. The van der Waals surface area contributed by atoms with Crippen LogP contribution in [-0.4, -0.2) is 41.7 Å². The molecular formula is C14H23N3O. The van der Waals surface area contributed by atoms with Crippen molar-refractivity contribution in [3.05, 3.63) is 30.1 Å². The zero-order valence-electron chi connectivity index (χ0n) is 11.4. The highest BCUT2D eigenvalue weighted by molar-refractivity contribution is 5.16. The Morgan fingerprint density at radius 2 is 2.33 bits per heavy atom. The Balaban J connectivity index is 2.20. The first-order chi connectivity index (χ1) is 8.61. The molecule has 0 saturated carbocycles. The number of nitrogens with zero attached hydrogens (tertiary/aromatic N) is 2. The summed E-state index contributed by atoms with van der Waals surface area (Å²) < 4.78 is 5.65. The summed E-state index contributed by atoms with van der Waals surface area (Å²) in [5.74, 6) is 0. The molecule has 0 radical (unpaired) electrons. The molecule has 1 aliphatic heterocycles.